The highest BCUT2D eigenvalue weighted by atomic mass is 79.9. The van der Waals surface area contributed by atoms with Crippen molar-refractivity contribution in [3.8, 4) is 0 Å². The second kappa shape index (κ2) is 4.81. The lowest BCUT2D eigenvalue weighted by atomic mass is 10.0. The molecule has 0 saturated heterocycles. The first-order chi connectivity index (χ1) is 7.70. The second-order valence-corrected chi connectivity index (χ2v) is 4.80. The molecule has 0 aromatic heterocycles. The number of nitrogens with two attached hydrogens (primary N) is 1. The van der Waals surface area contributed by atoms with Gasteiger partial charge in [-0.1, -0.05) is 40.2 Å². The van der Waals surface area contributed by atoms with Crippen molar-refractivity contribution in [2.75, 3.05) is 0 Å². The minimum Gasteiger partial charge on any atom is -0.324 e. The largest absolute Gasteiger partial charge is 0.324 e. The number of rotatable bonds is 3. The average molecular weight is 276 g/mol. The molecule has 0 fully saturated rings. The molecule has 2 heteroatoms. The van der Waals surface area contributed by atoms with Crippen molar-refractivity contribution in [1.29, 1.82) is 0 Å². The lowest BCUT2D eigenvalue weighted by Gasteiger charge is -2.10. The van der Waals surface area contributed by atoms with Gasteiger partial charge >= 0.3 is 0 Å². The molecule has 0 bridgehead atoms. The summed E-state index contributed by atoms with van der Waals surface area (Å²) in [6.07, 6.45) is 2.67. The summed E-state index contributed by atoms with van der Waals surface area (Å²) < 4.78 is 1.10. The van der Waals surface area contributed by atoms with E-state index in [0.717, 1.165) is 16.5 Å². The fraction of sp³-hybridized carbons (Fsp3) is 0.143. The maximum Gasteiger partial charge on any atom is 0.0329 e. The van der Waals surface area contributed by atoms with E-state index in [4.69, 9.17) is 5.73 Å². The molecule has 0 heterocycles. The molecular weight excluding hydrogens is 262 g/mol. The van der Waals surface area contributed by atoms with Crippen molar-refractivity contribution in [1.82, 2.24) is 0 Å². The van der Waals surface area contributed by atoms with Gasteiger partial charge in [0, 0.05) is 10.5 Å². The van der Waals surface area contributed by atoms with Crippen molar-refractivity contribution < 1.29 is 0 Å². The van der Waals surface area contributed by atoms with E-state index in [1.807, 2.05) is 12.1 Å². The summed E-state index contributed by atoms with van der Waals surface area (Å²) in [5.41, 5.74) is 7.21. The SMILES string of the molecule is C=CCC(N)c1ccc2cc(Br)ccc2c1. The van der Waals surface area contributed by atoms with Crippen LogP contribution in [0.2, 0.25) is 0 Å². The third-order valence-corrected chi connectivity index (χ3v) is 3.17. The Hall–Kier alpha value is -1.12. The van der Waals surface area contributed by atoms with Crippen LogP contribution in [0.25, 0.3) is 10.8 Å². The van der Waals surface area contributed by atoms with E-state index in [1.165, 1.54) is 10.8 Å². The highest BCUT2D eigenvalue weighted by molar-refractivity contribution is 9.10. The lowest BCUT2D eigenvalue weighted by molar-refractivity contribution is 0.743. The highest BCUT2D eigenvalue weighted by Gasteiger charge is 2.04. The summed E-state index contributed by atoms with van der Waals surface area (Å²) in [7, 11) is 0. The smallest absolute Gasteiger partial charge is 0.0329 e. The Labute approximate surface area is 104 Å². The van der Waals surface area contributed by atoms with Crippen LogP contribution in [0.1, 0.15) is 18.0 Å². The fourth-order valence-corrected chi connectivity index (χ4v) is 2.16. The van der Waals surface area contributed by atoms with E-state index >= 15 is 0 Å². The normalized spacial score (nSPS) is 12.6. The number of fused-ring (bicyclic) bond motifs is 1. The van der Waals surface area contributed by atoms with Crippen LogP contribution in [0.5, 0.6) is 0 Å². The Balaban J connectivity index is 2.44. The van der Waals surface area contributed by atoms with Gasteiger partial charge in [-0.2, -0.15) is 0 Å². The van der Waals surface area contributed by atoms with Crippen molar-refractivity contribution in [3.05, 3.63) is 59.1 Å². The Bertz CT molecular complexity index is 519. The molecule has 0 saturated carbocycles. The van der Waals surface area contributed by atoms with E-state index in [-0.39, 0.29) is 6.04 Å². The first-order valence-electron chi connectivity index (χ1n) is 5.26. The number of halogens is 1. The molecule has 0 aliphatic heterocycles. The van der Waals surface area contributed by atoms with Crippen LogP contribution in [-0.2, 0) is 0 Å². The van der Waals surface area contributed by atoms with Crippen LogP contribution < -0.4 is 5.73 Å². The molecule has 0 amide bonds. The highest BCUT2D eigenvalue weighted by Crippen LogP contribution is 2.24. The molecule has 2 rings (SSSR count). The van der Waals surface area contributed by atoms with Crippen LogP contribution in [-0.4, -0.2) is 0 Å². The maximum absolute atomic E-state index is 6.05. The lowest BCUT2D eigenvalue weighted by Crippen LogP contribution is -2.08. The van der Waals surface area contributed by atoms with E-state index in [1.54, 1.807) is 0 Å². The van der Waals surface area contributed by atoms with Gasteiger partial charge in [0.25, 0.3) is 0 Å². The summed E-state index contributed by atoms with van der Waals surface area (Å²) in [5.74, 6) is 0. The quantitative estimate of drug-likeness (QED) is 0.836. The molecule has 0 radical (unpaired) electrons. The molecule has 82 valence electrons. The molecule has 16 heavy (non-hydrogen) atoms. The van der Waals surface area contributed by atoms with Gasteiger partial charge in [0.1, 0.15) is 0 Å². The Morgan fingerprint density at radius 1 is 1.19 bits per heavy atom. The van der Waals surface area contributed by atoms with Crippen LogP contribution >= 0.6 is 15.9 Å². The molecule has 0 spiro atoms. The van der Waals surface area contributed by atoms with Crippen molar-refractivity contribution in [3.63, 3.8) is 0 Å². The summed E-state index contributed by atoms with van der Waals surface area (Å²) in [6.45, 7) is 3.71. The monoisotopic (exact) mass is 275 g/mol. The molecule has 1 atom stereocenters. The van der Waals surface area contributed by atoms with Gasteiger partial charge < -0.3 is 5.73 Å². The predicted octanol–water partition coefficient (Wildman–Crippen LogP) is 4.18. The van der Waals surface area contributed by atoms with E-state index in [0.29, 0.717) is 0 Å². The van der Waals surface area contributed by atoms with Crippen molar-refractivity contribution in [2.45, 2.75) is 12.5 Å². The minimum atomic E-state index is 0.0468. The first kappa shape index (κ1) is 11.4. The molecule has 1 unspecified atom stereocenters. The summed E-state index contributed by atoms with van der Waals surface area (Å²) in [4.78, 5) is 0. The topological polar surface area (TPSA) is 26.0 Å². The van der Waals surface area contributed by atoms with Crippen LogP contribution in [0.3, 0.4) is 0 Å². The number of hydrogen-bond donors (Lipinski definition) is 1. The molecule has 2 aromatic carbocycles. The van der Waals surface area contributed by atoms with Gasteiger partial charge in [-0.15, -0.1) is 6.58 Å². The van der Waals surface area contributed by atoms with E-state index < -0.39 is 0 Å². The van der Waals surface area contributed by atoms with Gasteiger partial charge in [-0.3, -0.25) is 0 Å². The van der Waals surface area contributed by atoms with Crippen LogP contribution in [0, 0.1) is 0 Å². The summed E-state index contributed by atoms with van der Waals surface area (Å²) in [6, 6.07) is 12.6. The summed E-state index contributed by atoms with van der Waals surface area (Å²) in [5, 5.41) is 2.45. The van der Waals surface area contributed by atoms with Gasteiger partial charge in [-0.05, 0) is 41.0 Å². The predicted molar refractivity (Wildman–Crippen MR) is 73.4 cm³/mol. The Morgan fingerprint density at radius 3 is 2.62 bits per heavy atom. The molecular formula is C14H14BrN. The standard InChI is InChI=1S/C14H14BrN/c1-2-3-14(16)12-5-4-11-9-13(15)7-6-10(11)8-12/h2,4-9,14H,1,3,16H2. The fourth-order valence-electron chi connectivity index (χ4n) is 1.78. The Kier molecular flexibility index (Phi) is 3.42. The molecule has 0 aliphatic rings. The molecule has 1 nitrogen and oxygen atoms in total. The third-order valence-electron chi connectivity index (χ3n) is 2.68. The minimum absolute atomic E-state index is 0.0468. The van der Waals surface area contributed by atoms with Crippen LogP contribution in [0.4, 0.5) is 0 Å². The van der Waals surface area contributed by atoms with Crippen LogP contribution in [0.15, 0.2) is 53.5 Å². The van der Waals surface area contributed by atoms with Gasteiger partial charge in [0.15, 0.2) is 0 Å². The van der Waals surface area contributed by atoms with E-state index in [9.17, 15) is 0 Å². The molecule has 2 aromatic rings. The van der Waals surface area contributed by atoms with Crippen molar-refractivity contribution in [2.24, 2.45) is 5.73 Å². The van der Waals surface area contributed by atoms with Gasteiger partial charge in [0.2, 0.25) is 0 Å². The average Bonchev–Trinajstić information content (AvgIpc) is 2.28. The van der Waals surface area contributed by atoms with E-state index in [2.05, 4.69) is 52.8 Å². The first-order valence-corrected chi connectivity index (χ1v) is 6.05. The zero-order chi connectivity index (χ0) is 11.5. The molecule has 2 N–H and O–H groups in total. The zero-order valence-electron chi connectivity index (χ0n) is 8.99. The summed E-state index contributed by atoms with van der Waals surface area (Å²) >= 11 is 3.47. The van der Waals surface area contributed by atoms with Gasteiger partial charge in [0.05, 0.1) is 0 Å². The Morgan fingerprint density at radius 2 is 1.88 bits per heavy atom. The van der Waals surface area contributed by atoms with Crippen molar-refractivity contribution >= 4 is 26.7 Å². The zero-order valence-corrected chi connectivity index (χ0v) is 10.6. The number of benzene rings is 2. The second-order valence-electron chi connectivity index (χ2n) is 3.88. The maximum atomic E-state index is 6.05. The number of hydrogen-bond acceptors (Lipinski definition) is 1. The molecule has 0 aliphatic carbocycles. The van der Waals surface area contributed by atoms with Gasteiger partial charge in [-0.25, -0.2) is 0 Å². The third kappa shape index (κ3) is 2.34.